The minimum atomic E-state index is -0.779. The fraction of sp³-hybridized carbons (Fsp3) is 0.845. The lowest BCUT2D eigenvalue weighted by Gasteiger charge is -2.18. The third-order valence-electron chi connectivity index (χ3n) is 15.3. The van der Waals surface area contributed by atoms with Crippen LogP contribution in [0.4, 0.5) is 0 Å². The number of ether oxygens (including phenoxy) is 3. The van der Waals surface area contributed by atoms with Crippen LogP contribution in [0.5, 0.6) is 0 Å². The van der Waals surface area contributed by atoms with Crippen molar-refractivity contribution in [3.05, 3.63) is 48.6 Å². The second kappa shape index (κ2) is 65.9. The average Bonchev–Trinajstić information content (AvgIpc) is 3.43. The number of hydrogen-bond acceptors (Lipinski definition) is 6. The number of hydrogen-bond donors (Lipinski definition) is 0. The van der Waals surface area contributed by atoms with E-state index in [0.717, 1.165) is 96.3 Å². The lowest BCUT2D eigenvalue weighted by Crippen LogP contribution is -2.30. The molecule has 0 radical (unpaired) electrons. The summed E-state index contributed by atoms with van der Waals surface area (Å²) in [6.07, 6.45) is 82.9. The van der Waals surface area contributed by atoms with E-state index in [4.69, 9.17) is 14.2 Å². The van der Waals surface area contributed by atoms with E-state index in [-0.39, 0.29) is 31.1 Å². The van der Waals surface area contributed by atoms with Crippen molar-refractivity contribution in [2.45, 2.75) is 374 Å². The quantitative estimate of drug-likeness (QED) is 0.0261. The van der Waals surface area contributed by atoms with E-state index >= 15 is 0 Å². The lowest BCUT2D eigenvalue weighted by atomic mass is 10.0. The number of unbranched alkanes of at least 4 members (excludes halogenated alkanes) is 44. The van der Waals surface area contributed by atoms with Gasteiger partial charge in [-0.15, -0.1) is 0 Å². The summed E-state index contributed by atoms with van der Waals surface area (Å²) in [5, 5.41) is 0. The van der Waals surface area contributed by atoms with Gasteiger partial charge >= 0.3 is 17.9 Å². The number of carbonyl (C=O) groups is 3. The molecule has 0 fully saturated rings. The minimum Gasteiger partial charge on any atom is -0.462 e. The molecule has 6 nitrogen and oxygen atoms in total. The largest absolute Gasteiger partial charge is 0.462 e. The van der Waals surface area contributed by atoms with Crippen LogP contribution >= 0.6 is 0 Å². The highest BCUT2D eigenvalue weighted by Gasteiger charge is 2.19. The van der Waals surface area contributed by atoms with Gasteiger partial charge in [0.25, 0.3) is 0 Å². The number of allylic oxidation sites excluding steroid dienone is 8. The van der Waals surface area contributed by atoms with E-state index in [2.05, 4.69) is 69.4 Å². The first-order valence-electron chi connectivity index (χ1n) is 34.1. The molecule has 1 unspecified atom stereocenters. The highest BCUT2D eigenvalue weighted by molar-refractivity contribution is 5.71. The van der Waals surface area contributed by atoms with Crippen LogP contribution in [0, 0.1) is 0 Å². The monoisotopic (exact) mass is 1080 g/mol. The molecule has 6 heteroatoms. The molecule has 0 bridgehead atoms. The SMILES string of the molecule is CC/C=C\C/C=C\C/C=C\CCCCCCCC(=O)OC(COC(=O)CCCCCCCCCCCCCCC)COC(=O)CCCCCCCCCCCCCCCCCCCCC/C=C\CCCCCCCCCC. The predicted octanol–water partition coefficient (Wildman–Crippen LogP) is 23.3. The van der Waals surface area contributed by atoms with Crippen LogP contribution in [0.15, 0.2) is 48.6 Å². The summed E-state index contributed by atoms with van der Waals surface area (Å²) in [5.74, 6) is -0.870. The second-order valence-electron chi connectivity index (χ2n) is 23.1. The standard InChI is InChI=1S/C71H130O6/c1-4-7-10-13-16-19-22-25-27-28-29-30-31-32-33-34-35-36-37-38-39-40-41-42-44-46-49-52-55-58-61-64-70(73)76-67-68(66-75-69(72)63-60-57-54-51-48-45-24-21-18-15-12-9-6-3)77-71(74)65-62-59-56-53-50-47-43-26-23-20-17-14-11-8-5-2/h8,11,17,20,26,28-29,43,68H,4-7,9-10,12-16,18-19,21-25,27,30-42,44-67H2,1-3H3/b11-8-,20-17-,29-28-,43-26-. The molecule has 0 aromatic heterocycles. The van der Waals surface area contributed by atoms with Crippen LogP contribution in [-0.2, 0) is 28.6 Å². The van der Waals surface area contributed by atoms with Crippen molar-refractivity contribution in [2.75, 3.05) is 13.2 Å². The molecule has 0 N–H and O–H groups in total. The Morgan fingerprint density at radius 3 is 0.805 bits per heavy atom. The number of rotatable bonds is 63. The molecule has 0 aliphatic rings. The fourth-order valence-electron chi connectivity index (χ4n) is 10.2. The van der Waals surface area contributed by atoms with Gasteiger partial charge < -0.3 is 14.2 Å². The van der Waals surface area contributed by atoms with Gasteiger partial charge in [-0.2, -0.15) is 0 Å². The Labute approximate surface area is 479 Å². The molecule has 0 rings (SSSR count). The summed E-state index contributed by atoms with van der Waals surface area (Å²) in [6.45, 7) is 6.57. The van der Waals surface area contributed by atoms with E-state index in [9.17, 15) is 14.4 Å². The zero-order valence-corrected chi connectivity index (χ0v) is 51.7. The molecule has 1 atom stereocenters. The zero-order chi connectivity index (χ0) is 55.7. The Morgan fingerprint density at radius 2 is 0.506 bits per heavy atom. The van der Waals surface area contributed by atoms with Crippen LogP contribution in [0.1, 0.15) is 367 Å². The molecule has 77 heavy (non-hydrogen) atoms. The third-order valence-corrected chi connectivity index (χ3v) is 15.3. The van der Waals surface area contributed by atoms with Crippen molar-refractivity contribution in [3.8, 4) is 0 Å². The Balaban J connectivity index is 4.13. The van der Waals surface area contributed by atoms with E-state index in [1.807, 2.05) is 0 Å². The topological polar surface area (TPSA) is 78.9 Å². The Hall–Kier alpha value is -2.63. The zero-order valence-electron chi connectivity index (χ0n) is 51.7. The van der Waals surface area contributed by atoms with Crippen molar-refractivity contribution < 1.29 is 28.6 Å². The highest BCUT2D eigenvalue weighted by Crippen LogP contribution is 2.18. The van der Waals surface area contributed by atoms with Crippen molar-refractivity contribution in [1.82, 2.24) is 0 Å². The van der Waals surface area contributed by atoms with Crippen molar-refractivity contribution in [3.63, 3.8) is 0 Å². The molecular weight excluding hydrogens is 949 g/mol. The van der Waals surface area contributed by atoms with Gasteiger partial charge in [0.05, 0.1) is 0 Å². The molecule has 0 aliphatic carbocycles. The van der Waals surface area contributed by atoms with E-state index in [1.165, 1.54) is 231 Å². The fourth-order valence-corrected chi connectivity index (χ4v) is 10.2. The molecule has 0 amide bonds. The van der Waals surface area contributed by atoms with Gasteiger partial charge in [-0.1, -0.05) is 320 Å². The van der Waals surface area contributed by atoms with E-state index in [1.54, 1.807) is 0 Å². The molecular formula is C71H130O6. The Bertz CT molecular complexity index is 1330. The first kappa shape index (κ1) is 74.4. The van der Waals surface area contributed by atoms with Gasteiger partial charge in [-0.25, -0.2) is 0 Å². The van der Waals surface area contributed by atoms with Crippen molar-refractivity contribution in [1.29, 1.82) is 0 Å². The van der Waals surface area contributed by atoms with Crippen LogP contribution in [0.2, 0.25) is 0 Å². The summed E-state index contributed by atoms with van der Waals surface area (Å²) in [4.78, 5) is 38.3. The Kier molecular flexibility index (Phi) is 63.6. The molecule has 0 saturated carbocycles. The van der Waals surface area contributed by atoms with Crippen molar-refractivity contribution in [2.24, 2.45) is 0 Å². The maximum atomic E-state index is 12.9. The summed E-state index contributed by atoms with van der Waals surface area (Å²) < 4.78 is 16.9. The molecule has 0 aromatic rings. The van der Waals surface area contributed by atoms with Crippen LogP contribution in [0.25, 0.3) is 0 Å². The first-order chi connectivity index (χ1) is 38.0. The van der Waals surface area contributed by atoms with Gasteiger partial charge in [0.15, 0.2) is 6.10 Å². The average molecular weight is 1080 g/mol. The Morgan fingerprint density at radius 1 is 0.273 bits per heavy atom. The minimum absolute atomic E-state index is 0.0755. The molecule has 0 saturated heterocycles. The normalized spacial score (nSPS) is 12.3. The molecule has 0 aromatic carbocycles. The second-order valence-corrected chi connectivity index (χ2v) is 23.1. The number of esters is 3. The van der Waals surface area contributed by atoms with Crippen molar-refractivity contribution >= 4 is 17.9 Å². The van der Waals surface area contributed by atoms with E-state index < -0.39 is 6.10 Å². The summed E-state index contributed by atoms with van der Waals surface area (Å²) in [5.41, 5.74) is 0. The predicted molar refractivity (Wildman–Crippen MR) is 335 cm³/mol. The summed E-state index contributed by atoms with van der Waals surface area (Å²) in [6, 6.07) is 0. The van der Waals surface area contributed by atoms with E-state index in [0.29, 0.717) is 19.3 Å². The molecule has 0 heterocycles. The molecule has 0 aliphatic heterocycles. The van der Waals surface area contributed by atoms with Crippen LogP contribution < -0.4 is 0 Å². The smallest absolute Gasteiger partial charge is 0.306 e. The maximum Gasteiger partial charge on any atom is 0.306 e. The van der Waals surface area contributed by atoms with Gasteiger partial charge in [0.1, 0.15) is 13.2 Å². The molecule has 0 spiro atoms. The third kappa shape index (κ3) is 64.1. The van der Waals surface area contributed by atoms with Crippen LogP contribution in [0.3, 0.4) is 0 Å². The lowest BCUT2D eigenvalue weighted by molar-refractivity contribution is -0.167. The van der Waals surface area contributed by atoms with Gasteiger partial charge in [0.2, 0.25) is 0 Å². The number of carbonyl (C=O) groups excluding carboxylic acids is 3. The van der Waals surface area contributed by atoms with Gasteiger partial charge in [0, 0.05) is 19.3 Å². The van der Waals surface area contributed by atoms with Gasteiger partial charge in [-0.3, -0.25) is 14.4 Å². The highest BCUT2D eigenvalue weighted by atomic mass is 16.6. The van der Waals surface area contributed by atoms with Crippen LogP contribution in [-0.4, -0.2) is 37.2 Å². The summed E-state index contributed by atoms with van der Waals surface area (Å²) in [7, 11) is 0. The molecule has 450 valence electrons. The summed E-state index contributed by atoms with van der Waals surface area (Å²) >= 11 is 0. The first-order valence-corrected chi connectivity index (χ1v) is 34.1. The van der Waals surface area contributed by atoms with Gasteiger partial charge in [-0.05, 0) is 77.0 Å². The maximum absolute atomic E-state index is 12.9.